The van der Waals surface area contributed by atoms with Crippen molar-refractivity contribution in [3.63, 3.8) is 0 Å². The highest BCUT2D eigenvalue weighted by Gasteiger charge is 2.52. The smallest absolute Gasteiger partial charge is 0.236 e. The van der Waals surface area contributed by atoms with Crippen LogP contribution < -0.4 is 14.8 Å². The quantitative estimate of drug-likeness (QED) is 0.431. The highest BCUT2D eigenvalue weighted by atomic mass is 35.5. The Balaban J connectivity index is 1.26. The number of piperidine rings is 1. The summed E-state index contributed by atoms with van der Waals surface area (Å²) in [5.41, 5.74) is 1.52. The Morgan fingerprint density at radius 1 is 1.20 bits per heavy atom. The molecule has 1 aromatic heterocycles. The van der Waals surface area contributed by atoms with Crippen LogP contribution in [0.3, 0.4) is 0 Å². The van der Waals surface area contributed by atoms with E-state index in [-0.39, 0.29) is 18.7 Å². The van der Waals surface area contributed by atoms with Crippen molar-refractivity contribution < 1.29 is 14.3 Å². The van der Waals surface area contributed by atoms with Gasteiger partial charge in [-0.05, 0) is 68.5 Å². The normalized spacial score (nSPS) is 21.5. The van der Waals surface area contributed by atoms with E-state index in [1.807, 2.05) is 42.6 Å². The van der Waals surface area contributed by atoms with Crippen molar-refractivity contribution in [1.29, 1.82) is 0 Å². The molecule has 0 bridgehead atoms. The summed E-state index contributed by atoms with van der Waals surface area (Å²) in [4.78, 5) is 21.6. The Morgan fingerprint density at radius 3 is 2.83 bits per heavy atom. The molecule has 6 nitrogen and oxygen atoms in total. The molecular weight excluding hydrogens is 482 g/mol. The average molecular weight is 510 g/mol. The number of anilines is 1. The standard InChI is InChI=1S/C27H28ClN3O3S/c1-17-6-4-5-13-31(17)24(19-7-2-3-8-20(19)28)23-15-29-26(35-23)30-25(32)27(11-12-27)18-9-10-21-22(14-18)34-16-33-21/h2-3,7-10,14-15,17,24H,4-6,11-13,16H2,1H3,(H,29,30,32). The van der Waals surface area contributed by atoms with Gasteiger partial charge < -0.3 is 14.8 Å². The van der Waals surface area contributed by atoms with E-state index >= 15 is 0 Å². The number of ether oxygens (including phenoxy) is 2. The number of amides is 1. The Bertz CT molecular complexity index is 1260. The second kappa shape index (κ2) is 9.12. The Kier molecular flexibility index (Phi) is 5.95. The minimum absolute atomic E-state index is 0.0158. The van der Waals surface area contributed by atoms with Gasteiger partial charge in [0.15, 0.2) is 16.6 Å². The first kappa shape index (κ1) is 22.8. The summed E-state index contributed by atoms with van der Waals surface area (Å²) in [6.07, 6.45) is 7.11. The predicted molar refractivity (Wildman–Crippen MR) is 138 cm³/mol. The number of hydrogen-bond donors (Lipinski definition) is 1. The largest absolute Gasteiger partial charge is 0.454 e. The number of thiazole rings is 1. The number of fused-ring (bicyclic) bond motifs is 1. The number of halogens is 1. The van der Waals surface area contributed by atoms with Gasteiger partial charge in [-0.1, -0.05) is 53.6 Å². The van der Waals surface area contributed by atoms with E-state index in [1.165, 1.54) is 30.6 Å². The van der Waals surface area contributed by atoms with Gasteiger partial charge in [0.05, 0.1) is 11.5 Å². The van der Waals surface area contributed by atoms with Crippen molar-refractivity contribution in [3.05, 3.63) is 69.7 Å². The molecule has 1 saturated carbocycles. The summed E-state index contributed by atoms with van der Waals surface area (Å²) in [6, 6.07) is 14.3. The Labute approximate surface area is 214 Å². The van der Waals surface area contributed by atoms with E-state index < -0.39 is 5.41 Å². The molecule has 1 aliphatic carbocycles. The number of carbonyl (C=O) groups excluding carboxylic acids is 1. The monoisotopic (exact) mass is 509 g/mol. The topological polar surface area (TPSA) is 63.7 Å². The highest BCUT2D eigenvalue weighted by Crippen LogP contribution is 2.51. The van der Waals surface area contributed by atoms with Gasteiger partial charge >= 0.3 is 0 Å². The fraction of sp³-hybridized carbons (Fsp3) is 0.407. The molecule has 1 amide bonds. The first-order valence-electron chi connectivity index (χ1n) is 12.2. The molecule has 3 aliphatic rings. The van der Waals surface area contributed by atoms with Gasteiger partial charge in [-0.25, -0.2) is 4.98 Å². The lowest BCUT2D eigenvalue weighted by Gasteiger charge is -2.39. The highest BCUT2D eigenvalue weighted by molar-refractivity contribution is 7.15. The van der Waals surface area contributed by atoms with Crippen LogP contribution in [0, 0.1) is 0 Å². The van der Waals surface area contributed by atoms with Crippen LogP contribution in [-0.4, -0.2) is 35.2 Å². The van der Waals surface area contributed by atoms with Crippen molar-refractivity contribution in [1.82, 2.24) is 9.88 Å². The van der Waals surface area contributed by atoms with Crippen LogP contribution in [0.5, 0.6) is 11.5 Å². The minimum Gasteiger partial charge on any atom is -0.454 e. The van der Waals surface area contributed by atoms with Crippen LogP contribution in [0.25, 0.3) is 0 Å². The summed E-state index contributed by atoms with van der Waals surface area (Å²) in [5, 5.41) is 4.49. The third kappa shape index (κ3) is 4.20. The second-order valence-corrected chi connectivity index (χ2v) is 11.1. The molecule has 3 heterocycles. The average Bonchev–Trinajstić information content (AvgIpc) is 3.33. The molecule has 182 valence electrons. The third-order valence-corrected chi connectivity index (χ3v) is 8.82. The molecule has 6 rings (SSSR count). The zero-order valence-electron chi connectivity index (χ0n) is 19.6. The van der Waals surface area contributed by atoms with Crippen molar-refractivity contribution in [3.8, 4) is 11.5 Å². The molecule has 8 heteroatoms. The fourth-order valence-corrected chi connectivity index (χ4v) is 6.54. The van der Waals surface area contributed by atoms with Gasteiger partial charge in [0.1, 0.15) is 0 Å². The SMILES string of the molecule is CC1CCCCN1C(c1cnc(NC(=O)C2(c3ccc4c(c3)OCO4)CC2)s1)c1ccccc1Cl. The van der Waals surface area contributed by atoms with Crippen molar-refractivity contribution in [2.45, 2.75) is 56.5 Å². The van der Waals surface area contributed by atoms with Crippen LogP contribution in [0.2, 0.25) is 5.02 Å². The predicted octanol–water partition coefficient (Wildman–Crippen LogP) is 6.16. The maximum absolute atomic E-state index is 13.4. The van der Waals surface area contributed by atoms with E-state index in [2.05, 4.69) is 28.2 Å². The van der Waals surface area contributed by atoms with E-state index in [0.717, 1.165) is 46.2 Å². The van der Waals surface area contributed by atoms with Crippen LogP contribution in [0.1, 0.15) is 61.1 Å². The van der Waals surface area contributed by atoms with Gasteiger partial charge in [-0.2, -0.15) is 0 Å². The fourth-order valence-electron chi connectivity index (χ4n) is 5.35. The van der Waals surface area contributed by atoms with Crippen LogP contribution in [-0.2, 0) is 10.2 Å². The number of nitrogens with zero attached hydrogens (tertiary/aromatic N) is 2. The van der Waals surface area contributed by atoms with Crippen LogP contribution in [0.15, 0.2) is 48.7 Å². The summed E-state index contributed by atoms with van der Waals surface area (Å²) in [7, 11) is 0. The van der Waals surface area contributed by atoms with E-state index in [4.69, 9.17) is 21.1 Å². The number of likely N-dealkylation sites (tertiary alicyclic amines) is 1. The second-order valence-electron chi connectivity index (χ2n) is 9.68. The maximum atomic E-state index is 13.4. The zero-order chi connectivity index (χ0) is 24.0. The molecule has 2 atom stereocenters. The Morgan fingerprint density at radius 2 is 2.03 bits per heavy atom. The maximum Gasteiger partial charge on any atom is 0.236 e. The van der Waals surface area contributed by atoms with Gasteiger partial charge in [0, 0.05) is 22.1 Å². The molecule has 1 saturated heterocycles. The van der Waals surface area contributed by atoms with E-state index in [0.29, 0.717) is 16.9 Å². The number of nitrogens with one attached hydrogen (secondary N) is 1. The van der Waals surface area contributed by atoms with Crippen molar-refractivity contribution >= 4 is 34.0 Å². The first-order chi connectivity index (χ1) is 17.0. The van der Waals surface area contributed by atoms with E-state index in [1.54, 1.807) is 0 Å². The van der Waals surface area contributed by atoms with Gasteiger partial charge in [-0.3, -0.25) is 9.69 Å². The summed E-state index contributed by atoms with van der Waals surface area (Å²) < 4.78 is 11.0. The molecule has 2 fully saturated rings. The van der Waals surface area contributed by atoms with Crippen LogP contribution >= 0.6 is 22.9 Å². The molecule has 1 N–H and O–H groups in total. The number of hydrogen-bond acceptors (Lipinski definition) is 6. The molecule has 3 aromatic rings. The minimum atomic E-state index is -0.531. The van der Waals surface area contributed by atoms with Crippen molar-refractivity contribution in [2.24, 2.45) is 0 Å². The van der Waals surface area contributed by atoms with Gasteiger partial charge in [-0.15, -0.1) is 0 Å². The summed E-state index contributed by atoms with van der Waals surface area (Å²) in [5.74, 6) is 1.42. The summed E-state index contributed by atoms with van der Waals surface area (Å²) >= 11 is 8.21. The number of aromatic nitrogens is 1. The first-order valence-corrected chi connectivity index (χ1v) is 13.4. The number of carbonyl (C=O) groups is 1. The lowest BCUT2D eigenvalue weighted by Crippen LogP contribution is -2.40. The van der Waals surface area contributed by atoms with Crippen molar-refractivity contribution in [2.75, 3.05) is 18.7 Å². The van der Waals surface area contributed by atoms with E-state index in [9.17, 15) is 4.79 Å². The molecule has 2 unspecified atom stereocenters. The lowest BCUT2D eigenvalue weighted by atomic mass is 9.94. The Hall–Kier alpha value is -2.61. The molecule has 0 radical (unpaired) electrons. The number of rotatable bonds is 6. The van der Waals surface area contributed by atoms with Gasteiger partial charge in [0.2, 0.25) is 12.7 Å². The molecule has 35 heavy (non-hydrogen) atoms. The number of benzene rings is 2. The van der Waals surface area contributed by atoms with Crippen LogP contribution in [0.4, 0.5) is 5.13 Å². The zero-order valence-corrected chi connectivity index (χ0v) is 21.2. The summed E-state index contributed by atoms with van der Waals surface area (Å²) in [6.45, 7) is 3.53. The van der Waals surface area contributed by atoms with Gasteiger partial charge in [0.25, 0.3) is 0 Å². The molecule has 2 aromatic carbocycles. The molecular formula is C27H28ClN3O3S. The third-order valence-electron chi connectivity index (χ3n) is 7.51. The molecule has 2 aliphatic heterocycles. The lowest BCUT2D eigenvalue weighted by molar-refractivity contribution is -0.118. The molecule has 0 spiro atoms.